The van der Waals surface area contributed by atoms with Gasteiger partial charge in [-0.05, 0) is 43.5 Å². The zero-order valence-electron chi connectivity index (χ0n) is 11.8. The third-order valence-electron chi connectivity index (χ3n) is 4.09. The predicted octanol–water partition coefficient (Wildman–Crippen LogP) is 3.88. The van der Waals surface area contributed by atoms with Gasteiger partial charge in [0.2, 0.25) is 0 Å². The zero-order valence-corrected chi connectivity index (χ0v) is 11.8. The van der Waals surface area contributed by atoms with Gasteiger partial charge in [0, 0.05) is 24.8 Å². The van der Waals surface area contributed by atoms with Crippen molar-refractivity contribution in [2.45, 2.75) is 19.3 Å². The third kappa shape index (κ3) is 2.27. The van der Waals surface area contributed by atoms with Gasteiger partial charge in [-0.25, -0.2) is 4.98 Å². The SMILES string of the molecule is c1cnc(-c2ccc3ncoc3c2)c(N2CCCCC2)c1. The van der Waals surface area contributed by atoms with E-state index in [4.69, 9.17) is 4.42 Å². The fraction of sp³-hybridized carbons (Fsp3) is 0.294. The minimum atomic E-state index is 0.808. The molecule has 0 bridgehead atoms. The molecule has 1 aromatic carbocycles. The fourth-order valence-electron chi connectivity index (χ4n) is 3.01. The summed E-state index contributed by atoms with van der Waals surface area (Å²) in [6.07, 6.45) is 7.19. The number of rotatable bonds is 2. The molecule has 4 nitrogen and oxygen atoms in total. The molecular formula is C17H17N3O. The van der Waals surface area contributed by atoms with Crippen molar-refractivity contribution in [1.29, 1.82) is 0 Å². The Morgan fingerprint density at radius 1 is 1.00 bits per heavy atom. The number of anilines is 1. The van der Waals surface area contributed by atoms with Crippen molar-refractivity contribution in [3.05, 3.63) is 42.9 Å². The Kier molecular flexibility index (Phi) is 3.07. The maximum atomic E-state index is 5.41. The Morgan fingerprint density at radius 2 is 1.90 bits per heavy atom. The summed E-state index contributed by atoms with van der Waals surface area (Å²) in [5, 5.41) is 0. The van der Waals surface area contributed by atoms with Gasteiger partial charge in [-0.15, -0.1) is 0 Å². The number of nitrogens with zero attached hydrogens (tertiary/aromatic N) is 3. The van der Waals surface area contributed by atoms with E-state index in [0.29, 0.717) is 0 Å². The molecular weight excluding hydrogens is 262 g/mol. The molecule has 4 rings (SSSR count). The Labute approximate surface area is 123 Å². The van der Waals surface area contributed by atoms with Crippen molar-refractivity contribution < 1.29 is 4.42 Å². The number of hydrogen-bond acceptors (Lipinski definition) is 4. The summed E-state index contributed by atoms with van der Waals surface area (Å²) in [5.41, 5.74) is 5.02. The smallest absolute Gasteiger partial charge is 0.181 e. The lowest BCUT2D eigenvalue weighted by molar-refractivity contribution is 0.578. The van der Waals surface area contributed by atoms with Crippen molar-refractivity contribution in [2.75, 3.05) is 18.0 Å². The van der Waals surface area contributed by atoms with Gasteiger partial charge in [-0.1, -0.05) is 6.07 Å². The second kappa shape index (κ2) is 5.20. The molecule has 21 heavy (non-hydrogen) atoms. The van der Waals surface area contributed by atoms with Crippen LogP contribution in [-0.4, -0.2) is 23.1 Å². The average molecular weight is 279 g/mol. The highest BCUT2D eigenvalue weighted by Crippen LogP contribution is 2.32. The summed E-state index contributed by atoms with van der Waals surface area (Å²) in [6, 6.07) is 10.3. The van der Waals surface area contributed by atoms with Crippen molar-refractivity contribution in [2.24, 2.45) is 0 Å². The van der Waals surface area contributed by atoms with E-state index in [9.17, 15) is 0 Å². The van der Waals surface area contributed by atoms with Gasteiger partial charge in [-0.3, -0.25) is 4.98 Å². The van der Waals surface area contributed by atoms with Gasteiger partial charge < -0.3 is 9.32 Å². The zero-order chi connectivity index (χ0) is 14.1. The van der Waals surface area contributed by atoms with E-state index in [1.54, 1.807) is 0 Å². The molecule has 0 spiro atoms. The molecule has 3 aromatic rings. The maximum Gasteiger partial charge on any atom is 0.181 e. The predicted molar refractivity (Wildman–Crippen MR) is 83.3 cm³/mol. The summed E-state index contributed by atoms with van der Waals surface area (Å²) in [5.74, 6) is 0. The Morgan fingerprint density at radius 3 is 2.81 bits per heavy atom. The minimum Gasteiger partial charge on any atom is -0.443 e. The summed E-state index contributed by atoms with van der Waals surface area (Å²) in [4.78, 5) is 11.2. The molecule has 1 saturated heterocycles. The van der Waals surface area contributed by atoms with E-state index >= 15 is 0 Å². The molecule has 0 aliphatic carbocycles. The number of benzene rings is 1. The maximum absolute atomic E-state index is 5.41. The fourth-order valence-corrected chi connectivity index (χ4v) is 3.01. The van der Waals surface area contributed by atoms with Gasteiger partial charge >= 0.3 is 0 Å². The van der Waals surface area contributed by atoms with Crippen molar-refractivity contribution in [1.82, 2.24) is 9.97 Å². The largest absolute Gasteiger partial charge is 0.443 e. The monoisotopic (exact) mass is 279 g/mol. The number of fused-ring (bicyclic) bond motifs is 1. The number of oxazole rings is 1. The van der Waals surface area contributed by atoms with E-state index in [1.807, 2.05) is 24.4 Å². The molecule has 4 heteroatoms. The molecule has 0 unspecified atom stereocenters. The van der Waals surface area contributed by atoms with Crippen molar-refractivity contribution >= 4 is 16.8 Å². The van der Waals surface area contributed by atoms with E-state index < -0.39 is 0 Å². The molecule has 106 valence electrons. The highest BCUT2D eigenvalue weighted by Gasteiger charge is 2.16. The van der Waals surface area contributed by atoms with Crippen LogP contribution in [0, 0.1) is 0 Å². The van der Waals surface area contributed by atoms with Crippen LogP contribution >= 0.6 is 0 Å². The van der Waals surface area contributed by atoms with Crippen molar-refractivity contribution in [3.8, 4) is 11.3 Å². The number of piperidine rings is 1. The summed E-state index contributed by atoms with van der Waals surface area (Å²) < 4.78 is 5.41. The average Bonchev–Trinajstić information content (AvgIpc) is 3.03. The lowest BCUT2D eigenvalue weighted by atomic mass is 10.1. The van der Waals surface area contributed by atoms with Crippen LogP contribution in [0.2, 0.25) is 0 Å². The van der Waals surface area contributed by atoms with Crippen LogP contribution < -0.4 is 4.90 Å². The van der Waals surface area contributed by atoms with Crippen LogP contribution in [0.15, 0.2) is 47.3 Å². The summed E-state index contributed by atoms with van der Waals surface area (Å²) in [7, 11) is 0. The first kappa shape index (κ1) is 12.4. The van der Waals surface area contributed by atoms with Gasteiger partial charge in [-0.2, -0.15) is 0 Å². The summed E-state index contributed by atoms with van der Waals surface area (Å²) in [6.45, 7) is 2.23. The highest BCUT2D eigenvalue weighted by molar-refractivity contribution is 5.83. The van der Waals surface area contributed by atoms with E-state index in [-0.39, 0.29) is 0 Å². The molecule has 1 aliphatic heterocycles. The van der Waals surface area contributed by atoms with Crippen LogP contribution in [0.5, 0.6) is 0 Å². The van der Waals surface area contributed by atoms with Crippen LogP contribution in [0.1, 0.15) is 19.3 Å². The molecule has 0 radical (unpaired) electrons. The first-order valence-corrected chi connectivity index (χ1v) is 7.45. The molecule has 0 atom stereocenters. The quantitative estimate of drug-likeness (QED) is 0.714. The van der Waals surface area contributed by atoms with Gasteiger partial charge in [0.1, 0.15) is 5.52 Å². The molecule has 1 aliphatic rings. The van der Waals surface area contributed by atoms with E-state index in [1.165, 1.54) is 31.3 Å². The molecule has 1 fully saturated rings. The second-order valence-corrected chi connectivity index (χ2v) is 5.45. The minimum absolute atomic E-state index is 0.808. The normalized spacial score (nSPS) is 15.5. The third-order valence-corrected chi connectivity index (χ3v) is 4.09. The van der Waals surface area contributed by atoms with Gasteiger partial charge in [0.25, 0.3) is 0 Å². The molecule has 0 saturated carbocycles. The Hall–Kier alpha value is -2.36. The van der Waals surface area contributed by atoms with Crippen molar-refractivity contribution in [3.63, 3.8) is 0 Å². The standard InChI is InChI=1S/C17H17N3O/c1-2-9-20(10-3-1)15-5-4-8-18-17(15)13-6-7-14-16(11-13)21-12-19-14/h4-8,11-12H,1-3,9-10H2. The molecule has 0 amide bonds. The number of hydrogen-bond donors (Lipinski definition) is 0. The molecule has 2 aromatic heterocycles. The molecule has 3 heterocycles. The number of pyridine rings is 1. The summed E-state index contributed by atoms with van der Waals surface area (Å²) >= 11 is 0. The van der Waals surface area contributed by atoms with Gasteiger partial charge in [0.05, 0.1) is 11.4 Å². The van der Waals surface area contributed by atoms with Gasteiger partial charge in [0.15, 0.2) is 12.0 Å². The van der Waals surface area contributed by atoms with Crippen LogP contribution in [0.3, 0.4) is 0 Å². The second-order valence-electron chi connectivity index (χ2n) is 5.45. The first-order chi connectivity index (χ1) is 10.4. The topological polar surface area (TPSA) is 42.2 Å². The van der Waals surface area contributed by atoms with Crippen LogP contribution in [0.25, 0.3) is 22.4 Å². The van der Waals surface area contributed by atoms with E-state index in [2.05, 4.69) is 27.0 Å². The lowest BCUT2D eigenvalue weighted by Gasteiger charge is -2.30. The lowest BCUT2D eigenvalue weighted by Crippen LogP contribution is -2.29. The van der Waals surface area contributed by atoms with Crippen LogP contribution in [-0.2, 0) is 0 Å². The Bertz CT molecular complexity index is 759. The Balaban J connectivity index is 1.79. The van der Waals surface area contributed by atoms with Crippen LogP contribution in [0.4, 0.5) is 5.69 Å². The molecule has 0 N–H and O–H groups in total. The highest BCUT2D eigenvalue weighted by atomic mass is 16.3. The van der Waals surface area contributed by atoms with E-state index in [0.717, 1.165) is 35.4 Å². The first-order valence-electron chi connectivity index (χ1n) is 7.45. The number of aromatic nitrogens is 2.